The maximum Gasteiger partial charge on any atom is 0.243 e. The van der Waals surface area contributed by atoms with Crippen LogP contribution >= 0.6 is 22.9 Å². The van der Waals surface area contributed by atoms with Crippen LogP contribution in [0.1, 0.15) is 21.8 Å². The fourth-order valence-electron chi connectivity index (χ4n) is 2.13. The van der Waals surface area contributed by atoms with E-state index in [1.807, 2.05) is 51.1 Å². The molecule has 3 rings (SSSR count). The van der Waals surface area contributed by atoms with E-state index in [1.165, 1.54) is 16.9 Å². The second kappa shape index (κ2) is 7.58. The van der Waals surface area contributed by atoms with Crippen molar-refractivity contribution in [2.75, 3.05) is 10.7 Å². The summed E-state index contributed by atoms with van der Waals surface area (Å²) in [4.78, 5) is 13.6. The van der Waals surface area contributed by atoms with Crippen LogP contribution in [0, 0.1) is 20.8 Å². The topological polar surface area (TPSA) is 75.1 Å². The van der Waals surface area contributed by atoms with Gasteiger partial charge < -0.3 is 5.32 Å². The highest BCUT2D eigenvalue weighted by Gasteiger charge is 2.08. The fraction of sp³-hybridized carbons (Fsp3) is 0.176. The van der Waals surface area contributed by atoms with Crippen molar-refractivity contribution in [3.05, 3.63) is 57.3 Å². The van der Waals surface area contributed by atoms with Crippen LogP contribution in [0.15, 0.2) is 35.4 Å². The number of aryl methyl sites for hydroxylation is 3. The minimum atomic E-state index is 0.395. The van der Waals surface area contributed by atoms with Crippen molar-refractivity contribution in [3.8, 4) is 0 Å². The number of hydrogen-bond donors (Lipinski definition) is 2. The first-order chi connectivity index (χ1) is 12.0. The van der Waals surface area contributed by atoms with Crippen LogP contribution in [0.3, 0.4) is 0 Å². The van der Waals surface area contributed by atoms with Crippen LogP contribution in [0.5, 0.6) is 0 Å². The van der Waals surface area contributed by atoms with Gasteiger partial charge in [0, 0.05) is 17.1 Å². The van der Waals surface area contributed by atoms with E-state index in [-0.39, 0.29) is 0 Å². The second-order valence-electron chi connectivity index (χ2n) is 5.51. The average Bonchev–Trinajstić information content (AvgIpc) is 2.88. The molecule has 0 saturated carbocycles. The number of anilines is 3. The largest absolute Gasteiger partial charge is 0.331 e. The van der Waals surface area contributed by atoms with Gasteiger partial charge in [-0.3, -0.25) is 0 Å². The third-order valence-corrected chi connectivity index (χ3v) is 4.55. The molecule has 8 heteroatoms. The number of rotatable bonds is 5. The number of nitrogens with zero attached hydrogens (tertiary/aromatic N) is 4. The highest BCUT2D eigenvalue weighted by molar-refractivity contribution is 7.17. The van der Waals surface area contributed by atoms with Gasteiger partial charge in [0.25, 0.3) is 0 Å². The minimum Gasteiger partial charge on any atom is -0.331 e. The monoisotopic (exact) mass is 372 g/mol. The molecule has 0 amide bonds. The molecule has 0 spiro atoms. The summed E-state index contributed by atoms with van der Waals surface area (Å²) < 4.78 is 0. The molecule has 0 saturated heterocycles. The predicted octanol–water partition coefficient (Wildman–Crippen LogP) is 4.70. The molecule has 0 aliphatic rings. The normalized spacial score (nSPS) is 11.0. The molecule has 6 nitrogen and oxygen atoms in total. The molecular formula is C17H17ClN6S. The molecule has 1 aromatic carbocycles. The van der Waals surface area contributed by atoms with Crippen LogP contribution in [0.2, 0.25) is 5.15 Å². The number of halogens is 1. The van der Waals surface area contributed by atoms with Gasteiger partial charge in [-0.2, -0.15) is 5.10 Å². The first-order valence-electron chi connectivity index (χ1n) is 7.61. The summed E-state index contributed by atoms with van der Waals surface area (Å²) in [5.74, 6) is 0.451. The van der Waals surface area contributed by atoms with E-state index >= 15 is 0 Å². The summed E-state index contributed by atoms with van der Waals surface area (Å²) in [5, 5.41) is 8.48. The van der Waals surface area contributed by atoms with Crippen molar-refractivity contribution < 1.29 is 0 Å². The van der Waals surface area contributed by atoms with E-state index in [9.17, 15) is 0 Å². The van der Waals surface area contributed by atoms with Gasteiger partial charge in [-0.05, 0) is 39.0 Å². The zero-order chi connectivity index (χ0) is 17.8. The lowest BCUT2D eigenvalue weighted by Gasteiger charge is -2.01. The lowest BCUT2D eigenvalue weighted by atomic mass is 10.2. The third kappa shape index (κ3) is 4.74. The van der Waals surface area contributed by atoms with Crippen molar-refractivity contribution in [2.24, 2.45) is 5.10 Å². The Labute approximate surface area is 155 Å². The summed E-state index contributed by atoms with van der Waals surface area (Å²) in [5.41, 5.74) is 6.74. The van der Waals surface area contributed by atoms with Gasteiger partial charge in [0.2, 0.25) is 5.95 Å². The van der Waals surface area contributed by atoms with Crippen LogP contribution < -0.4 is 10.7 Å². The highest BCUT2D eigenvalue weighted by atomic mass is 35.5. The van der Waals surface area contributed by atoms with Gasteiger partial charge in [0.15, 0.2) is 10.3 Å². The summed E-state index contributed by atoms with van der Waals surface area (Å²) in [7, 11) is 0. The standard InChI is InChI=1S/C17H17ClN6S/c1-10-4-6-13(7-5-10)22-17-23-15(18)14(25-17)9-19-24-16-20-11(2)8-12(3)21-16/h4-9H,1-3H3,(H,22,23)(H,20,21,24)/b19-9+. The van der Waals surface area contributed by atoms with Gasteiger partial charge in [-0.25, -0.2) is 20.4 Å². The Morgan fingerprint density at radius 3 is 2.40 bits per heavy atom. The minimum absolute atomic E-state index is 0.395. The Bertz CT molecular complexity index is 884. The Morgan fingerprint density at radius 2 is 1.72 bits per heavy atom. The van der Waals surface area contributed by atoms with Crippen molar-refractivity contribution in [1.29, 1.82) is 0 Å². The molecule has 0 radical (unpaired) electrons. The van der Waals surface area contributed by atoms with E-state index in [0.717, 1.165) is 22.0 Å². The summed E-state index contributed by atoms with van der Waals surface area (Å²) in [6.45, 7) is 5.87. The lowest BCUT2D eigenvalue weighted by molar-refractivity contribution is 1.04. The molecule has 0 fully saturated rings. The van der Waals surface area contributed by atoms with Crippen LogP contribution in [-0.2, 0) is 0 Å². The maximum absolute atomic E-state index is 6.18. The Kier molecular flexibility index (Phi) is 5.25. The van der Waals surface area contributed by atoms with Crippen LogP contribution in [0.25, 0.3) is 0 Å². The number of thiazole rings is 1. The number of benzene rings is 1. The predicted molar refractivity (Wildman–Crippen MR) is 104 cm³/mol. The quantitative estimate of drug-likeness (QED) is 0.501. The van der Waals surface area contributed by atoms with E-state index in [2.05, 4.69) is 30.8 Å². The van der Waals surface area contributed by atoms with Crippen molar-refractivity contribution >= 4 is 45.9 Å². The zero-order valence-corrected chi connectivity index (χ0v) is 15.6. The van der Waals surface area contributed by atoms with Crippen molar-refractivity contribution in [2.45, 2.75) is 20.8 Å². The Morgan fingerprint density at radius 1 is 1.04 bits per heavy atom. The van der Waals surface area contributed by atoms with E-state index in [0.29, 0.717) is 16.2 Å². The summed E-state index contributed by atoms with van der Waals surface area (Å²) >= 11 is 7.59. The van der Waals surface area contributed by atoms with E-state index < -0.39 is 0 Å². The smallest absolute Gasteiger partial charge is 0.243 e. The molecule has 0 aliphatic heterocycles. The number of aromatic nitrogens is 3. The van der Waals surface area contributed by atoms with Gasteiger partial charge in [-0.15, -0.1) is 0 Å². The first kappa shape index (κ1) is 17.3. The maximum atomic E-state index is 6.18. The number of hydrazone groups is 1. The Hall–Kier alpha value is -2.51. The number of nitrogens with one attached hydrogen (secondary N) is 2. The number of hydrogen-bond acceptors (Lipinski definition) is 7. The molecular weight excluding hydrogens is 356 g/mol. The van der Waals surface area contributed by atoms with Gasteiger partial charge in [0.05, 0.1) is 11.1 Å². The van der Waals surface area contributed by atoms with Gasteiger partial charge in [0.1, 0.15) is 0 Å². The third-order valence-electron chi connectivity index (χ3n) is 3.24. The molecule has 0 bridgehead atoms. The summed E-state index contributed by atoms with van der Waals surface area (Å²) in [6, 6.07) is 9.97. The Balaban J connectivity index is 1.68. The van der Waals surface area contributed by atoms with Crippen molar-refractivity contribution in [3.63, 3.8) is 0 Å². The average molecular weight is 373 g/mol. The SMILES string of the molecule is Cc1ccc(Nc2nc(Cl)c(/C=N/Nc3nc(C)cc(C)n3)s2)cc1. The van der Waals surface area contributed by atoms with Gasteiger partial charge in [-0.1, -0.05) is 40.6 Å². The molecule has 0 aliphatic carbocycles. The molecule has 2 aromatic heterocycles. The fourth-order valence-corrected chi connectivity index (χ4v) is 3.18. The second-order valence-corrected chi connectivity index (χ2v) is 6.90. The zero-order valence-electron chi connectivity index (χ0n) is 14.0. The molecule has 128 valence electrons. The molecule has 2 N–H and O–H groups in total. The summed E-state index contributed by atoms with van der Waals surface area (Å²) in [6.07, 6.45) is 1.61. The van der Waals surface area contributed by atoms with E-state index in [1.54, 1.807) is 6.21 Å². The first-order valence-corrected chi connectivity index (χ1v) is 8.80. The molecule has 2 heterocycles. The lowest BCUT2D eigenvalue weighted by Crippen LogP contribution is -1.99. The van der Waals surface area contributed by atoms with Gasteiger partial charge >= 0.3 is 0 Å². The highest BCUT2D eigenvalue weighted by Crippen LogP contribution is 2.28. The van der Waals surface area contributed by atoms with Crippen LogP contribution in [0.4, 0.5) is 16.8 Å². The molecule has 0 atom stereocenters. The molecule has 25 heavy (non-hydrogen) atoms. The van der Waals surface area contributed by atoms with Crippen LogP contribution in [-0.4, -0.2) is 21.2 Å². The van der Waals surface area contributed by atoms with Crippen molar-refractivity contribution in [1.82, 2.24) is 15.0 Å². The molecule has 3 aromatic rings. The van der Waals surface area contributed by atoms with E-state index in [4.69, 9.17) is 11.6 Å². The molecule has 0 unspecified atom stereocenters.